The van der Waals surface area contributed by atoms with Crippen LogP contribution in [0.2, 0.25) is 0 Å². The van der Waals surface area contributed by atoms with Crippen molar-refractivity contribution >= 4 is 0 Å². The first-order valence-electron chi connectivity index (χ1n) is 6.69. The predicted molar refractivity (Wildman–Crippen MR) is 80.4 cm³/mol. The van der Waals surface area contributed by atoms with Crippen molar-refractivity contribution in [2.45, 2.75) is 32.6 Å². The van der Waals surface area contributed by atoms with Crippen LogP contribution in [0, 0.1) is 0 Å². The van der Waals surface area contributed by atoms with Crippen LogP contribution in [0.25, 0.3) is 0 Å². The molecular formula is C17H22O2. The molecule has 0 heterocycles. The van der Waals surface area contributed by atoms with Crippen LogP contribution >= 0.6 is 0 Å². The molecule has 102 valence electrons. The molecule has 0 radical (unpaired) electrons. The van der Waals surface area contributed by atoms with E-state index in [1.54, 1.807) is 12.1 Å². The van der Waals surface area contributed by atoms with Crippen LogP contribution < -0.4 is 0 Å². The van der Waals surface area contributed by atoms with Crippen molar-refractivity contribution in [2.75, 3.05) is 0 Å². The molecule has 1 aromatic rings. The largest absolute Gasteiger partial charge is 0.508 e. The quantitative estimate of drug-likeness (QED) is 0.707. The van der Waals surface area contributed by atoms with Gasteiger partial charge in [0.2, 0.25) is 0 Å². The predicted octanol–water partition coefficient (Wildman–Crippen LogP) is 4.50. The van der Waals surface area contributed by atoms with E-state index < -0.39 is 0 Å². The molecule has 2 nitrogen and oxygen atoms in total. The fourth-order valence-electron chi connectivity index (χ4n) is 1.70. The van der Waals surface area contributed by atoms with Gasteiger partial charge < -0.3 is 10.2 Å². The highest BCUT2D eigenvalue weighted by molar-refractivity contribution is 5.37. The summed E-state index contributed by atoms with van der Waals surface area (Å²) >= 11 is 0. The summed E-state index contributed by atoms with van der Waals surface area (Å²) in [6.45, 7) is 2.13. The molecule has 0 aliphatic rings. The number of rotatable bonds is 7. The van der Waals surface area contributed by atoms with E-state index in [2.05, 4.69) is 37.3 Å². The van der Waals surface area contributed by atoms with Gasteiger partial charge in [0.25, 0.3) is 0 Å². The molecule has 0 saturated carbocycles. The van der Waals surface area contributed by atoms with E-state index in [9.17, 15) is 10.2 Å². The zero-order chi connectivity index (χ0) is 13.9. The first-order valence-corrected chi connectivity index (χ1v) is 6.69. The number of phenolic OH excluding ortho intramolecular Hbond substituents is 2. The molecule has 19 heavy (non-hydrogen) atoms. The van der Waals surface area contributed by atoms with Crippen LogP contribution in [0.1, 0.15) is 31.7 Å². The zero-order valence-electron chi connectivity index (χ0n) is 11.4. The lowest BCUT2D eigenvalue weighted by Crippen LogP contribution is -1.80. The van der Waals surface area contributed by atoms with Crippen molar-refractivity contribution in [1.82, 2.24) is 0 Å². The smallest absolute Gasteiger partial charge is 0.119 e. The molecule has 0 atom stereocenters. The molecule has 1 aromatic carbocycles. The molecule has 0 fully saturated rings. The van der Waals surface area contributed by atoms with Crippen LogP contribution in [0.15, 0.2) is 54.7 Å². The summed E-state index contributed by atoms with van der Waals surface area (Å²) < 4.78 is 0. The maximum Gasteiger partial charge on any atom is 0.119 e. The summed E-state index contributed by atoms with van der Waals surface area (Å²) in [5.74, 6) is 0.206. The van der Waals surface area contributed by atoms with Gasteiger partial charge in [-0.25, -0.2) is 0 Å². The first kappa shape index (κ1) is 15.1. The highest BCUT2D eigenvalue weighted by Gasteiger charge is 1.96. The van der Waals surface area contributed by atoms with Gasteiger partial charge in [0.05, 0.1) is 0 Å². The van der Waals surface area contributed by atoms with Gasteiger partial charge in [0.15, 0.2) is 0 Å². The molecule has 2 heteroatoms. The van der Waals surface area contributed by atoms with E-state index in [1.807, 2.05) is 6.08 Å². The van der Waals surface area contributed by atoms with E-state index in [1.165, 1.54) is 6.07 Å². The lowest BCUT2D eigenvalue weighted by atomic mass is 10.1. The Morgan fingerprint density at radius 1 is 0.789 bits per heavy atom. The third kappa shape index (κ3) is 7.14. The van der Waals surface area contributed by atoms with Gasteiger partial charge in [0, 0.05) is 6.07 Å². The van der Waals surface area contributed by atoms with Gasteiger partial charge in [0.1, 0.15) is 11.5 Å². The maximum absolute atomic E-state index is 9.34. The van der Waals surface area contributed by atoms with Crippen LogP contribution in [0.4, 0.5) is 0 Å². The summed E-state index contributed by atoms with van der Waals surface area (Å²) in [5.41, 5.74) is 0.906. The molecule has 0 aliphatic heterocycles. The Morgan fingerprint density at radius 2 is 1.32 bits per heavy atom. The molecule has 0 spiro atoms. The normalized spacial score (nSPS) is 12.1. The van der Waals surface area contributed by atoms with E-state index in [-0.39, 0.29) is 11.5 Å². The molecule has 0 unspecified atom stereocenters. The van der Waals surface area contributed by atoms with Crippen LogP contribution in [-0.4, -0.2) is 10.2 Å². The van der Waals surface area contributed by atoms with Crippen molar-refractivity contribution in [3.63, 3.8) is 0 Å². The van der Waals surface area contributed by atoms with E-state index in [0.29, 0.717) is 6.42 Å². The Labute approximate surface area is 115 Å². The Balaban J connectivity index is 2.28. The Bertz CT molecular complexity index is 436. The molecule has 0 bridgehead atoms. The SMILES string of the molecule is CCC=CCC=CCC=CCc1cc(O)cc(O)c1. The monoisotopic (exact) mass is 258 g/mol. The molecule has 0 aliphatic carbocycles. The van der Waals surface area contributed by atoms with Gasteiger partial charge in [-0.1, -0.05) is 43.4 Å². The second-order valence-corrected chi connectivity index (χ2v) is 4.36. The highest BCUT2D eigenvalue weighted by Crippen LogP contribution is 2.20. The van der Waals surface area contributed by atoms with Gasteiger partial charge in [-0.3, -0.25) is 0 Å². The summed E-state index contributed by atoms with van der Waals surface area (Å²) in [6, 6.07) is 4.66. The Hall–Kier alpha value is -1.96. The standard InChI is InChI=1S/C17H22O2/c1-2-3-4-5-6-7-8-9-10-11-15-12-16(18)14-17(19)13-15/h3-4,6-7,9-10,12-14,18-19H,2,5,8,11H2,1H3. The second-order valence-electron chi connectivity index (χ2n) is 4.36. The van der Waals surface area contributed by atoms with Crippen molar-refractivity contribution < 1.29 is 10.2 Å². The highest BCUT2D eigenvalue weighted by atomic mass is 16.3. The van der Waals surface area contributed by atoms with E-state index in [4.69, 9.17) is 0 Å². The molecule has 1 rings (SSSR count). The van der Waals surface area contributed by atoms with Gasteiger partial charge in [-0.05, 0) is 43.4 Å². The van der Waals surface area contributed by atoms with Gasteiger partial charge >= 0.3 is 0 Å². The van der Waals surface area contributed by atoms with Crippen molar-refractivity contribution in [1.29, 1.82) is 0 Å². The number of benzene rings is 1. The Morgan fingerprint density at radius 3 is 1.89 bits per heavy atom. The summed E-state index contributed by atoms with van der Waals surface area (Å²) in [4.78, 5) is 0. The van der Waals surface area contributed by atoms with Crippen LogP contribution in [0.3, 0.4) is 0 Å². The molecule has 2 N–H and O–H groups in total. The topological polar surface area (TPSA) is 40.5 Å². The second kappa shape index (κ2) is 9.03. The number of hydrogen-bond acceptors (Lipinski definition) is 2. The first-order chi connectivity index (χ1) is 9.22. The Kier molecular flexibility index (Phi) is 7.18. The molecule has 0 amide bonds. The lowest BCUT2D eigenvalue weighted by Gasteiger charge is -1.99. The van der Waals surface area contributed by atoms with E-state index in [0.717, 1.165) is 24.8 Å². The minimum absolute atomic E-state index is 0.103. The minimum atomic E-state index is 0.103. The summed E-state index contributed by atoms with van der Waals surface area (Å²) in [5, 5.41) is 18.7. The third-order valence-corrected chi connectivity index (χ3v) is 2.60. The van der Waals surface area contributed by atoms with Crippen molar-refractivity contribution in [3.8, 4) is 11.5 Å². The number of aromatic hydroxyl groups is 2. The average molecular weight is 258 g/mol. The third-order valence-electron chi connectivity index (χ3n) is 2.60. The molecule has 0 aromatic heterocycles. The van der Waals surface area contributed by atoms with Crippen molar-refractivity contribution in [2.24, 2.45) is 0 Å². The van der Waals surface area contributed by atoms with Gasteiger partial charge in [-0.15, -0.1) is 0 Å². The summed E-state index contributed by atoms with van der Waals surface area (Å²) in [7, 11) is 0. The van der Waals surface area contributed by atoms with Gasteiger partial charge in [-0.2, -0.15) is 0 Å². The van der Waals surface area contributed by atoms with Crippen LogP contribution in [-0.2, 0) is 6.42 Å². The minimum Gasteiger partial charge on any atom is -0.508 e. The number of allylic oxidation sites excluding steroid dienone is 6. The lowest BCUT2D eigenvalue weighted by molar-refractivity contribution is 0.449. The number of hydrogen-bond donors (Lipinski definition) is 2. The molecular weight excluding hydrogens is 236 g/mol. The van der Waals surface area contributed by atoms with Crippen LogP contribution in [0.5, 0.6) is 11.5 Å². The van der Waals surface area contributed by atoms with E-state index >= 15 is 0 Å². The summed E-state index contributed by atoms with van der Waals surface area (Å²) in [6.07, 6.45) is 16.4. The fourth-order valence-corrected chi connectivity index (χ4v) is 1.70. The molecule has 0 saturated heterocycles. The maximum atomic E-state index is 9.34. The average Bonchev–Trinajstić information content (AvgIpc) is 2.36. The number of phenols is 2. The zero-order valence-corrected chi connectivity index (χ0v) is 11.4. The van der Waals surface area contributed by atoms with Crippen molar-refractivity contribution in [3.05, 3.63) is 60.2 Å². The fraction of sp³-hybridized carbons (Fsp3) is 0.294.